The summed E-state index contributed by atoms with van der Waals surface area (Å²) >= 11 is 0. The largest absolute Gasteiger partial charge is 0.356 e. The lowest BCUT2D eigenvalue weighted by molar-refractivity contribution is 0.627. The van der Waals surface area contributed by atoms with Gasteiger partial charge in [0.1, 0.15) is 5.82 Å². The summed E-state index contributed by atoms with van der Waals surface area (Å²) in [6.45, 7) is 3.60. The molecule has 24 heavy (non-hydrogen) atoms. The van der Waals surface area contributed by atoms with Gasteiger partial charge in [-0.3, -0.25) is 4.99 Å². The number of aryl methyl sites for hydroxylation is 1. The van der Waals surface area contributed by atoms with Gasteiger partial charge in [-0.15, -0.1) is 24.0 Å². The minimum Gasteiger partial charge on any atom is -0.356 e. The fraction of sp³-hybridized carbons (Fsp3) is 0.412. The Labute approximate surface area is 158 Å². The lowest BCUT2D eigenvalue weighted by Crippen LogP contribution is -2.37. The van der Waals surface area contributed by atoms with Gasteiger partial charge in [-0.25, -0.2) is 9.07 Å². The van der Waals surface area contributed by atoms with Crippen LogP contribution in [0.5, 0.6) is 0 Å². The minimum atomic E-state index is -0.245. The Hall–Kier alpha value is -1.64. The highest BCUT2D eigenvalue weighted by molar-refractivity contribution is 14.0. The second-order valence-electron chi connectivity index (χ2n) is 5.91. The maximum atomic E-state index is 13.0. The Kier molecular flexibility index (Phi) is 6.59. The predicted molar refractivity (Wildman–Crippen MR) is 105 cm³/mol. The molecule has 1 aliphatic rings. The van der Waals surface area contributed by atoms with Crippen LogP contribution in [-0.2, 0) is 6.54 Å². The van der Waals surface area contributed by atoms with Gasteiger partial charge in [-0.2, -0.15) is 5.10 Å². The highest BCUT2D eigenvalue weighted by atomic mass is 127. The zero-order valence-electron chi connectivity index (χ0n) is 13.9. The van der Waals surface area contributed by atoms with Crippen LogP contribution < -0.4 is 10.6 Å². The molecule has 0 bridgehead atoms. The molecule has 1 aromatic heterocycles. The van der Waals surface area contributed by atoms with Gasteiger partial charge in [0, 0.05) is 31.9 Å². The molecule has 2 aromatic rings. The van der Waals surface area contributed by atoms with Gasteiger partial charge in [0.15, 0.2) is 5.96 Å². The Morgan fingerprint density at radius 3 is 2.62 bits per heavy atom. The number of rotatable bonds is 5. The summed E-state index contributed by atoms with van der Waals surface area (Å²) < 4.78 is 14.8. The highest BCUT2D eigenvalue weighted by Gasteiger charge is 2.21. The summed E-state index contributed by atoms with van der Waals surface area (Å²) in [5.74, 6) is 1.37. The number of hydrogen-bond donors (Lipinski definition) is 2. The smallest absolute Gasteiger partial charge is 0.191 e. The van der Waals surface area contributed by atoms with Gasteiger partial charge in [-0.05, 0) is 49.9 Å². The number of aromatic nitrogens is 2. The Morgan fingerprint density at radius 2 is 2.00 bits per heavy atom. The molecular formula is C17H23FIN5. The van der Waals surface area contributed by atoms with E-state index in [0.717, 1.165) is 35.4 Å². The van der Waals surface area contributed by atoms with Gasteiger partial charge in [0.25, 0.3) is 0 Å². The van der Waals surface area contributed by atoms with Crippen LogP contribution in [0.25, 0.3) is 5.69 Å². The van der Waals surface area contributed by atoms with Crippen LogP contribution >= 0.6 is 24.0 Å². The van der Waals surface area contributed by atoms with Crippen molar-refractivity contribution in [1.82, 2.24) is 20.4 Å². The Balaban J connectivity index is 0.00000208. The fourth-order valence-corrected chi connectivity index (χ4v) is 2.36. The molecule has 3 rings (SSSR count). The molecule has 0 unspecified atom stereocenters. The van der Waals surface area contributed by atoms with E-state index in [1.54, 1.807) is 23.9 Å². The van der Waals surface area contributed by atoms with E-state index in [9.17, 15) is 4.39 Å². The molecule has 1 heterocycles. The van der Waals surface area contributed by atoms with Crippen molar-refractivity contribution in [1.29, 1.82) is 0 Å². The van der Waals surface area contributed by atoms with Crippen LogP contribution in [0.15, 0.2) is 35.5 Å². The monoisotopic (exact) mass is 443 g/mol. The molecule has 130 valence electrons. The lowest BCUT2D eigenvalue weighted by Gasteiger charge is -2.10. The first-order valence-corrected chi connectivity index (χ1v) is 7.91. The van der Waals surface area contributed by atoms with Gasteiger partial charge in [0.05, 0.1) is 11.4 Å². The zero-order chi connectivity index (χ0) is 16.2. The van der Waals surface area contributed by atoms with Crippen molar-refractivity contribution in [3.05, 3.63) is 47.5 Å². The van der Waals surface area contributed by atoms with E-state index >= 15 is 0 Å². The maximum absolute atomic E-state index is 13.0. The molecule has 1 aromatic carbocycles. The van der Waals surface area contributed by atoms with Crippen molar-refractivity contribution in [2.75, 3.05) is 13.6 Å². The Bertz CT molecular complexity index is 692. The summed E-state index contributed by atoms with van der Waals surface area (Å²) in [6.07, 6.45) is 4.59. The first kappa shape index (κ1) is 18.7. The number of guanidine groups is 1. The topological polar surface area (TPSA) is 54.2 Å². The molecule has 0 aliphatic heterocycles. The summed E-state index contributed by atoms with van der Waals surface area (Å²) in [5.41, 5.74) is 2.88. The fourth-order valence-electron chi connectivity index (χ4n) is 2.36. The van der Waals surface area contributed by atoms with Gasteiger partial charge in [-0.1, -0.05) is 0 Å². The van der Waals surface area contributed by atoms with E-state index in [2.05, 4.69) is 20.7 Å². The predicted octanol–water partition coefficient (Wildman–Crippen LogP) is 3.01. The highest BCUT2D eigenvalue weighted by Crippen LogP contribution is 2.27. The molecule has 1 fully saturated rings. The van der Waals surface area contributed by atoms with Crippen LogP contribution in [0.2, 0.25) is 0 Å². The SMILES string of the molecule is CN=C(NCc1cn(-c2ccc(F)cc2)nc1C)NCC1CC1.I. The summed E-state index contributed by atoms with van der Waals surface area (Å²) in [5, 5.41) is 11.1. The second-order valence-corrected chi connectivity index (χ2v) is 5.91. The van der Waals surface area contributed by atoms with Crippen molar-refractivity contribution in [3.63, 3.8) is 0 Å². The van der Waals surface area contributed by atoms with Crippen molar-refractivity contribution < 1.29 is 4.39 Å². The summed E-state index contributed by atoms with van der Waals surface area (Å²) in [7, 11) is 1.77. The molecule has 5 nitrogen and oxygen atoms in total. The summed E-state index contributed by atoms with van der Waals surface area (Å²) in [6, 6.07) is 6.31. The minimum absolute atomic E-state index is 0. The maximum Gasteiger partial charge on any atom is 0.191 e. The third-order valence-corrected chi connectivity index (χ3v) is 4.02. The van der Waals surface area contributed by atoms with Crippen molar-refractivity contribution >= 4 is 29.9 Å². The molecule has 1 saturated carbocycles. The average molecular weight is 443 g/mol. The number of benzene rings is 1. The first-order chi connectivity index (χ1) is 11.2. The molecule has 0 saturated heterocycles. The van der Waals surface area contributed by atoms with E-state index < -0.39 is 0 Å². The number of aliphatic imine (C=N–C) groups is 1. The second kappa shape index (κ2) is 8.46. The number of nitrogens with one attached hydrogen (secondary N) is 2. The number of halogens is 2. The van der Waals surface area contributed by atoms with Crippen LogP contribution in [0, 0.1) is 18.7 Å². The van der Waals surface area contributed by atoms with E-state index in [-0.39, 0.29) is 29.8 Å². The first-order valence-electron chi connectivity index (χ1n) is 7.91. The molecule has 0 radical (unpaired) electrons. The summed E-state index contributed by atoms with van der Waals surface area (Å²) in [4.78, 5) is 4.23. The standard InChI is InChI=1S/C17H22FN5.HI/c1-12-14(10-21-17(19-2)20-9-13-3-4-13)11-23(22-12)16-7-5-15(18)6-8-16;/h5-8,11,13H,3-4,9-10H2,1-2H3,(H2,19,20,21);1H. The van der Waals surface area contributed by atoms with Crippen LogP contribution in [0.1, 0.15) is 24.1 Å². The molecular weight excluding hydrogens is 420 g/mol. The number of nitrogens with zero attached hydrogens (tertiary/aromatic N) is 3. The Morgan fingerprint density at radius 1 is 1.29 bits per heavy atom. The lowest BCUT2D eigenvalue weighted by atomic mass is 10.2. The average Bonchev–Trinajstić information content (AvgIpc) is 3.31. The van der Waals surface area contributed by atoms with E-state index in [1.165, 1.54) is 25.0 Å². The van der Waals surface area contributed by atoms with E-state index in [4.69, 9.17) is 0 Å². The van der Waals surface area contributed by atoms with Crippen molar-refractivity contribution in [3.8, 4) is 5.69 Å². The van der Waals surface area contributed by atoms with Crippen LogP contribution in [0.3, 0.4) is 0 Å². The normalized spacial score (nSPS) is 14.2. The van der Waals surface area contributed by atoms with Gasteiger partial charge in [0.2, 0.25) is 0 Å². The quantitative estimate of drug-likeness (QED) is 0.425. The van der Waals surface area contributed by atoms with Gasteiger partial charge < -0.3 is 10.6 Å². The zero-order valence-corrected chi connectivity index (χ0v) is 16.3. The molecule has 0 amide bonds. The molecule has 0 spiro atoms. The van der Waals surface area contributed by atoms with E-state index in [1.807, 2.05) is 13.1 Å². The van der Waals surface area contributed by atoms with Crippen LogP contribution in [0.4, 0.5) is 4.39 Å². The van der Waals surface area contributed by atoms with Crippen molar-refractivity contribution in [2.45, 2.75) is 26.3 Å². The van der Waals surface area contributed by atoms with Crippen LogP contribution in [-0.4, -0.2) is 29.3 Å². The van der Waals surface area contributed by atoms with Gasteiger partial charge >= 0.3 is 0 Å². The number of hydrogen-bond acceptors (Lipinski definition) is 2. The molecule has 2 N–H and O–H groups in total. The third-order valence-electron chi connectivity index (χ3n) is 4.02. The van der Waals surface area contributed by atoms with E-state index in [0.29, 0.717) is 6.54 Å². The third kappa shape index (κ3) is 4.93. The molecule has 1 aliphatic carbocycles. The molecule has 0 atom stereocenters. The van der Waals surface area contributed by atoms with Crippen molar-refractivity contribution in [2.24, 2.45) is 10.9 Å². The molecule has 7 heteroatoms.